The van der Waals surface area contributed by atoms with E-state index in [0.29, 0.717) is 18.3 Å². The Balaban J connectivity index is 1.69. The molecular formula is C17H23NO4S. The number of carbonyl (C=O) groups excluding carboxylic acids is 1. The summed E-state index contributed by atoms with van der Waals surface area (Å²) >= 11 is 0. The van der Waals surface area contributed by atoms with Crippen LogP contribution >= 0.6 is 0 Å². The summed E-state index contributed by atoms with van der Waals surface area (Å²) in [5, 5.41) is 12.6. The number of phenolic OH excluding ortho intramolecular Hbond substituents is 1. The van der Waals surface area contributed by atoms with Gasteiger partial charge in [-0.15, -0.1) is 0 Å². The average Bonchev–Trinajstić information content (AvgIpc) is 3.12. The van der Waals surface area contributed by atoms with Crippen molar-refractivity contribution in [3.8, 4) is 5.75 Å². The van der Waals surface area contributed by atoms with Crippen LogP contribution in [0.3, 0.4) is 0 Å². The summed E-state index contributed by atoms with van der Waals surface area (Å²) in [7, 11) is -3.36. The number of sulfone groups is 1. The molecule has 1 aromatic carbocycles. The van der Waals surface area contributed by atoms with E-state index in [1.165, 1.54) is 37.5 Å². The molecule has 0 unspecified atom stereocenters. The summed E-state index contributed by atoms with van der Waals surface area (Å²) in [4.78, 5) is 12.4. The molecule has 0 saturated heterocycles. The third-order valence-electron chi connectivity index (χ3n) is 5.31. The molecule has 2 N–H and O–H groups in total. The van der Waals surface area contributed by atoms with Crippen LogP contribution < -0.4 is 5.32 Å². The molecule has 5 nitrogen and oxygen atoms in total. The lowest BCUT2D eigenvalue weighted by atomic mass is 9.86. The highest BCUT2D eigenvalue weighted by atomic mass is 32.2. The van der Waals surface area contributed by atoms with E-state index in [9.17, 15) is 18.3 Å². The molecule has 2 bridgehead atoms. The molecule has 0 aliphatic heterocycles. The first-order valence-corrected chi connectivity index (χ1v) is 9.90. The predicted molar refractivity (Wildman–Crippen MR) is 88.0 cm³/mol. The molecule has 0 radical (unpaired) electrons. The highest BCUT2D eigenvalue weighted by Gasteiger charge is 2.40. The van der Waals surface area contributed by atoms with Crippen molar-refractivity contribution < 1.29 is 18.3 Å². The van der Waals surface area contributed by atoms with E-state index in [0.717, 1.165) is 12.3 Å². The van der Waals surface area contributed by atoms with Gasteiger partial charge in [-0.25, -0.2) is 8.42 Å². The topological polar surface area (TPSA) is 83.5 Å². The van der Waals surface area contributed by atoms with Gasteiger partial charge in [-0.2, -0.15) is 0 Å². The SMILES string of the molecule is CCS(=O)(=O)c1ccc(O)c(NC(=O)C[C@@H]2C[C@H]3CC[C@H]2C3)c1. The van der Waals surface area contributed by atoms with Gasteiger partial charge in [-0.1, -0.05) is 13.3 Å². The van der Waals surface area contributed by atoms with Gasteiger partial charge in [-0.3, -0.25) is 4.79 Å². The van der Waals surface area contributed by atoms with Gasteiger partial charge in [0.25, 0.3) is 0 Å². The van der Waals surface area contributed by atoms with Gasteiger partial charge in [-0.05, 0) is 55.2 Å². The van der Waals surface area contributed by atoms with Crippen LogP contribution in [0.4, 0.5) is 5.69 Å². The van der Waals surface area contributed by atoms with Gasteiger partial charge in [0.05, 0.1) is 16.3 Å². The molecule has 0 spiro atoms. The number of hydrogen-bond acceptors (Lipinski definition) is 4. The van der Waals surface area contributed by atoms with Gasteiger partial charge in [0.2, 0.25) is 5.91 Å². The third-order valence-corrected chi connectivity index (χ3v) is 7.05. The molecule has 1 aromatic rings. The number of benzene rings is 1. The zero-order valence-corrected chi connectivity index (χ0v) is 14.1. The second kappa shape index (κ2) is 6.15. The summed E-state index contributed by atoms with van der Waals surface area (Å²) < 4.78 is 23.8. The number of anilines is 1. The maximum Gasteiger partial charge on any atom is 0.224 e. The Labute approximate surface area is 137 Å². The number of hydrogen-bond donors (Lipinski definition) is 2. The maximum atomic E-state index is 12.3. The summed E-state index contributed by atoms with van der Waals surface area (Å²) in [5.41, 5.74) is 0.174. The van der Waals surface area contributed by atoms with Crippen molar-refractivity contribution >= 4 is 21.4 Å². The molecule has 126 valence electrons. The summed E-state index contributed by atoms with van der Waals surface area (Å²) in [6.07, 6.45) is 5.33. The standard InChI is InChI=1S/C17H23NO4S/c1-2-23(21,22)14-5-6-16(19)15(10-14)18-17(20)9-13-8-11-3-4-12(13)7-11/h5-6,10-13,19H,2-4,7-9H2,1H3,(H,18,20)/t11-,12-,13-/m0/s1. The number of nitrogens with one attached hydrogen (secondary N) is 1. The normalized spacial score (nSPS) is 26.4. The van der Waals surface area contributed by atoms with Crippen molar-refractivity contribution in [3.63, 3.8) is 0 Å². The fraction of sp³-hybridized carbons (Fsp3) is 0.588. The number of phenols is 1. The van der Waals surface area contributed by atoms with Gasteiger partial charge in [0.1, 0.15) is 5.75 Å². The molecule has 0 heterocycles. The number of fused-ring (bicyclic) bond motifs is 2. The highest BCUT2D eigenvalue weighted by Crippen LogP contribution is 2.49. The van der Waals surface area contributed by atoms with Crippen molar-refractivity contribution in [1.29, 1.82) is 0 Å². The van der Waals surface area contributed by atoms with E-state index in [-0.39, 0.29) is 28.0 Å². The Morgan fingerprint density at radius 2 is 2.09 bits per heavy atom. The van der Waals surface area contributed by atoms with Gasteiger partial charge < -0.3 is 10.4 Å². The number of amides is 1. The fourth-order valence-corrected chi connectivity index (χ4v) is 4.95. The number of carbonyl (C=O) groups is 1. The lowest BCUT2D eigenvalue weighted by molar-refractivity contribution is -0.117. The number of rotatable bonds is 5. The van der Waals surface area contributed by atoms with Crippen LogP contribution in [-0.4, -0.2) is 25.2 Å². The Kier molecular flexibility index (Phi) is 4.36. The van der Waals surface area contributed by atoms with E-state index in [4.69, 9.17) is 0 Å². The van der Waals surface area contributed by atoms with Crippen LogP contribution in [0.25, 0.3) is 0 Å². The first-order valence-electron chi connectivity index (χ1n) is 8.24. The molecule has 23 heavy (non-hydrogen) atoms. The Bertz CT molecular complexity index is 713. The summed E-state index contributed by atoms with van der Waals surface area (Å²) in [6, 6.07) is 4.02. The summed E-state index contributed by atoms with van der Waals surface area (Å²) in [6.45, 7) is 1.57. The lowest BCUT2D eigenvalue weighted by Gasteiger charge is -2.21. The highest BCUT2D eigenvalue weighted by molar-refractivity contribution is 7.91. The van der Waals surface area contributed by atoms with Crippen LogP contribution in [-0.2, 0) is 14.6 Å². The molecule has 2 aliphatic carbocycles. The Hall–Kier alpha value is -1.56. The zero-order valence-electron chi connectivity index (χ0n) is 13.3. The molecule has 0 aromatic heterocycles. The van der Waals surface area contributed by atoms with Crippen LogP contribution in [0, 0.1) is 17.8 Å². The largest absolute Gasteiger partial charge is 0.506 e. The van der Waals surface area contributed by atoms with Crippen molar-refractivity contribution in [2.75, 3.05) is 11.1 Å². The van der Waals surface area contributed by atoms with Crippen molar-refractivity contribution in [2.24, 2.45) is 17.8 Å². The second-order valence-electron chi connectivity index (χ2n) is 6.77. The number of aromatic hydroxyl groups is 1. The Morgan fingerprint density at radius 1 is 1.30 bits per heavy atom. The molecule has 2 saturated carbocycles. The van der Waals surface area contributed by atoms with Crippen LogP contribution in [0.1, 0.15) is 39.0 Å². The van der Waals surface area contributed by atoms with E-state index in [1.807, 2.05) is 0 Å². The molecule has 3 atom stereocenters. The minimum atomic E-state index is -3.36. The third kappa shape index (κ3) is 3.37. The van der Waals surface area contributed by atoms with E-state index >= 15 is 0 Å². The lowest BCUT2D eigenvalue weighted by Crippen LogP contribution is -2.20. The minimum Gasteiger partial charge on any atom is -0.506 e. The van der Waals surface area contributed by atoms with Gasteiger partial charge in [0, 0.05) is 6.42 Å². The van der Waals surface area contributed by atoms with E-state index in [1.54, 1.807) is 6.92 Å². The smallest absolute Gasteiger partial charge is 0.224 e. The van der Waals surface area contributed by atoms with Crippen LogP contribution in [0.15, 0.2) is 23.1 Å². The molecular weight excluding hydrogens is 314 g/mol. The predicted octanol–water partition coefficient (Wildman–Crippen LogP) is 2.95. The molecule has 2 aliphatic rings. The summed E-state index contributed by atoms with van der Waals surface area (Å²) in [5.74, 6) is 1.59. The van der Waals surface area contributed by atoms with Crippen molar-refractivity contribution in [3.05, 3.63) is 18.2 Å². The molecule has 6 heteroatoms. The van der Waals surface area contributed by atoms with E-state index in [2.05, 4.69) is 5.32 Å². The second-order valence-corrected chi connectivity index (χ2v) is 9.05. The van der Waals surface area contributed by atoms with E-state index < -0.39 is 9.84 Å². The fourth-order valence-electron chi connectivity index (χ4n) is 4.04. The van der Waals surface area contributed by atoms with Gasteiger partial charge in [0.15, 0.2) is 9.84 Å². The monoisotopic (exact) mass is 337 g/mol. The molecule has 1 amide bonds. The maximum absolute atomic E-state index is 12.3. The van der Waals surface area contributed by atoms with Gasteiger partial charge >= 0.3 is 0 Å². The molecule has 2 fully saturated rings. The first kappa shape index (κ1) is 16.3. The first-order chi connectivity index (χ1) is 10.9. The van der Waals surface area contributed by atoms with Crippen molar-refractivity contribution in [2.45, 2.75) is 43.9 Å². The van der Waals surface area contributed by atoms with Crippen molar-refractivity contribution in [1.82, 2.24) is 0 Å². The van der Waals surface area contributed by atoms with Crippen LogP contribution in [0.5, 0.6) is 5.75 Å². The average molecular weight is 337 g/mol. The molecule has 3 rings (SSSR count). The van der Waals surface area contributed by atoms with Crippen LogP contribution in [0.2, 0.25) is 0 Å². The zero-order chi connectivity index (χ0) is 16.6. The minimum absolute atomic E-state index is 0.0176. The quantitative estimate of drug-likeness (QED) is 0.809. The Morgan fingerprint density at radius 3 is 2.70 bits per heavy atom.